The van der Waals surface area contributed by atoms with E-state index >= 15 is 0 Å². The molecule has 1 aromatic carbocycles. The predicted molar refractivity (Wildman–Crippen MR) is 56.0 cm³/mol. The fourth-order valence-corrected chi connectivity index (χ4v) is 1.20. The van der Waals surface area contributed by atoms with E-state index in [4.69, 9.17) is 17.3 Å². The second-order valence-electron chi connectivity index (χ2n) is 2.49. The molecule has 1 aromatic rings. The van der Waals surface area contributed by atoms with Gasteiger partial charge in [-0.1, -0.05) is 24.3 Å². The van der Waals surface area contributed by atoms with Gasteiger partial charge in [-0.3, -0.25) is 0 Å². The molecule has 0 saturated heterocycles. The molecular weight excluding hydrogens is 193 g/mol. The molecule has 2 N–H and O–H groups in total. The zero-order valence-electron chi connectivity index (χ0n) is 6.79. The molecule has 0 heterocycles. The first kappa shape index (κ1) is 11.8. The highest BCUT2D eigenvalue weighted by molar-refractivity contribution is 6.17. The summed E-state index contributed by atoms with van der Waals surface area (Å²) in [7, 11) is 0. The summed E-state index contributed by atoms with van der Waals surface area (Å²) in [5.41, 5.74) is 7.85. The molecule has 3 heteroatoms. The van der Waals surface area contributed by atoms with Gasteiger partial charge in [0, 0.05) is 5.88 Å². The van der Waals surface area contributed by atoms with Crippen LogP contribution in [0, 0.1) is 0 Å². The van der Waals surface area contributed by atoms with Crippen molar-refractivity contribution < 1.29 is 0 Å². The van der Waals surface area contributed by atoms with E-state index in [0.717, 1.165) is 12.0 Å². The van der Waals surface area contributed by atoms with Crippen molar-refractivity contribution in [3.05, 3.63) is 35.4 Å². The predicted octanol–water partition coefficient (Wildman–Crippen LogP) is 2.35. The molecule has 0 aliphatic carbocycles. The molecule has 0 radical (unpaired) electrons. The summed E-state index contributed by atoms with van der Waals surface area (Å²) in [6.07, 6.45) is 0.935. The molecular formula is C9H13Cl2N. The third kappa shape index (κ3) is 3.44. The average molecular weight is 206 g/mol. The van der Waals surface area contributed by atoms with Crippen LogP contribution < -0.4 is 5.73 Å². The lowest BCUT2D eigenvalue weighted by Gasteiger charge is -1.99. The Morgan fingerprint density at radius 1 is 1.25 bits per heavy atom. The van der Waals surface area contributed by atoms with Gasteiger partial charge in [-0.15, -0.1) is 24.0 Å². The normalized spacial score (nSPS) is 9.17. The van der Waals surface area contributed by atoms with Crippen LogP contribution in [0.1, 0.15) is 11.1 Å². The zero-order chi connectivity index (χ0) is 8.10. The van der Waals surface area contributed by atoms with Crippen LogP contribution in [-0.2, 0) is 12.3 Å². The van der Waals surface area contributed by atoms with Gasteiger partial charge in [0.2, 0.25) is 0 Å². The van der Waals surface area contributed by atoms with E-state index in [1.165, 1.54) is 5.56 Å². The summed E-state index contributed by atoms with van der Waals surface area (Å²) >= 11 is 5.67. The standard InChI is InChI=1S/C9H12ClN.ClH/c10-7-9-3-1-2-8(6-9)4-5-11;/h1-3,6H,4-5,7,11H2;1H. The van der Waals surface area contributed by atoms with Crippen molar-refractivity contribution >= 4 is 24.0 Å². The second-order valence-corrected chi connectivity index (χ2v) is 2.76. The van der Waals surface area contributed by atoms with Gasteiger partial charge in [0.05, 0.1) is 0 Å². The Bertz CT molecular complexity index is 226. The van der Waals surface area contributed by atoms with E-state index in [1.807, 2.05) is 12.1 Å². The van der Waals surface area contributed by atoms with Crippen LogP contribution in [0.2, 0.25) is 0 Å². The average Bonchev–Trinajstić information content (AvgIpc) is 2.06. The van der Waals surface area contributed by atoms with Gasteiger partial charge in [0.15, 0.2) is 0 Å². The summed E-state index contributed by atoms with van der Waals surface area (Å²) < 4.78 is 0. The molecule has 0 aromatic heterocycles. The molecule has 1 rings (SSSR count). The molecule has 0 saturated carbocycles. The number of halogens is 2. The van der Waals surface area contributed by atoms with Crippen LogP contribution in [0.25, 0.3) is 0 Å². The largest absolute Gasteiger partial charge is 0.330 e. The summed E-state index contributed by atoms with van der Waals surface area (Å²) in [5.74, 6) is 0.582. The van der Waals surface area contributed by atoms with Gasteiger partial charge in [-0.25, -0.2) is 0 Å². The smallest absolute Gasteiger partial charge is 0.0474 e. The Morgan fingerprint density at radius 3 is 2.50 bits per heavy atom. The van der Waals surface area contributed by atoms with Crippen LogP contribution in [0.15, 0.2) is 24.3 Å². The maximum absolute atomic E-state index is 5.67. The minimum atomic E-state index is 0. The number of hydrogen-bond donors (Lipinski definition) is 1. The first-order valence-corrected chi connectivity index (χ1v) is 4.24. The highest BCUT2D eigenvalue weighted by Gasteiger charge is 1.92. The van der Waals surface area contributed by atoms with E-state index in [-0.39, 0.29) is 12.4 Å². The van der Waals surface area contributed by atoms with Crippen LogP contribution in [0.5, 0.6) is 0 Å². The Balaban J connectivity index is 0.00000121. The number of hydrogen-bond acceptors (Lipinski definition) is 1. The monoisotopic (exact) mass is 205 g/mol. The number of benzene rings is 1. The van der Waals surface area contributed by atoms with Gasteiger partial charge >= 0.3 is 0 Å². The van der Waals surface area contributed by atoms with Crippen molar-refractivity contribution in [3.63, 3.8) is 0 Å². The molecule has 0 aliphatic rings. The van der Waals surface area contributed by atoms with Crippen molar-refractivity contribution in [2.45, 2.75) is 12.3 Å². The van der Waals surface area contributed by atoms with Crippen molar-refractivity contribution in [1.82, 2.24) is 0 Å². The third-order valence-electron chi connectivity index (χ3n) is 1.58. The molecule has 0 atom stereocenters. The van der Waals surface area contributed by atoms with E-state index in [1.54, 1.807) is 0 Å². The maximum atomic E-state index is 5.67. The van der Waals surface area contributed by atoms with Crippen molar-refractivity contribution in [1.29, 1.82) is 0 Å². The highest BCUT2D eigenvalue weighted by atomic mass is 35.5. The Hall–Kier alpha value is -0.240. The van der Waals surface area contributed by atoms with Crippen molar-refractivity contribution in [2.75, 3.05) is 6.54 Å². The van der Waals surface area contributed by atoms with E-state index in [2.05, 4.69) is 12.1 Å². The lowest BCUT2D eigenvalue weighted by molar-refractivity contribution is 0.966. The summed E-state index contributed by atoms with van der Waals surface area (Å²) in [6, 6.07) is 8.21. The van der Waals surface area contributed by atoms with Gasteiger partial charge in [-0.2, -0.15) is 0 Å². The number of alkyl halides is 1. The van der Waals surface area contributed by atoms with Crippen LogP contribution in [-0.4, -0.2) is 6.54 Å². The molecule has 0 aliphatic heterocycles. The van der Waals surface area contributed by atoms with Gasteiger partial charge in [-0.05, 0) is 24.1 Å². The molecule has 0 bridgehead atoms. The minimum Gasteiger partial charge on any atom is -0.330 e. The lowest BCUT2D eigenvalue weighted by Crippen LogP contribution is -2.02. The first-order chi connectivity index (χ1) is 5.36. The summed E-state index contributed by atoms with van der Waals surface area (Å²) in [6.45, 7) is 0.700. The SMILES string of the molecule is Cl.NCCc1cccc(CCl)c1. The van der Waals surface area contributed by atoms with Gasteiger partial charge in [0.1, 0.15) is 0 Å². The van der Waals surface area contributed by atoms with Crippen LogP contribution >= 0.6 is 24.0 Å². The maximum Gasteiger partial charge on any atom is 0.0474 e. The van der Waals surface area contributed by atoms with Crippen LogP contribution in [0.3, 0.4) is 0 Å². The zero-order valence-corrected chi connectivity index (χ0v) is 8.37. The van der Waals surface area contributed by atoms with E-state index in [0.29, 0.717) is 12.4 Å². The third-order valence-corrected chi connectivity index (χ3v) is 1.89. The van der Waals surface area contributed by atoms with Crippen LogP contribution in [0.4, 0.5) is 0 Å². The molecule has 0 spiro atoms. The molecule has 0 amide bonds. The Labute approximate surface area is 84.3 Å². The number of rotatable bonds is 3. The minimum absolute atomic E-state index is 0. The fraction of sp³-hybridized carbons (Fsp3) is 0.333. The fourth-order valence-electron chi connectivity index (χ4n) is 1.03. The highest BCUT2D eigenvalue weighted by Crippen LogP contribution is 2.07. The van der Waals surface area contributed by atoms with E-state index in [9.17, 15) is 0 Å². The topological polar surface area (TPSA) is 26.0 Å². The quantitative estimate of drug-likeness (QED) is 0.754. The molecule has 68 valence electrons. The summed E-state index contributed by atoms with van der Waals surface area (Å²) in [4.78, 5) is 0. The molecule has 0 fully saturated rings. The second kappa shape index (κ2) is 6.30. The Morgan fingerprint density at radius 2 is 1.92 bits per heavy atom. The van der Waals surface area contributed by atoms with Gasteiger partial charge in [0.25, 0.3) is 0 Å². The van der Waals surface area contributed by atoms with Crippen molar-refractivity contribution in [3.8, 4) is 0 Å². The Kier molecular flexibility index (Phi) is 6.17. The van der Waals surface area contributed by atoms with Gasteiger partial charge < -0.3 is 5.73 Å². The summed E-state index contributed by atoms with van der Waals surface area (Å²) in [5, 5.41) is 0. The molecule has 0 unspecified atom stereocenters. The lowest BCUT2D eigenvalue weighted by atomic mass is 10.1. The van der Waals surface area contributed by atoms with E-state index < -0.39 is 0 Å². The molecule has 1 nitrogen and oxygen atoms in total. The van der Waals surface area contributed by atoms with Crippen molar-refractivity contribution in [2.24, 2.45) is 5.73 Å². The number of nitrogens with two attached hydrogens (primary N) is 1. The molecule has 12 heavy (non-hydrogen) atoms. The first-order valence-electron chi connectivity index (χ1n) is 3.70.